The van der Waals surface area contributed by atoms with Crippen molar-refractivity contribution >= 4 is 23.2 Å². The van der Waals surface area contributed by atoms with Gasteiger partial charge in [-0.05, 0) is 12.1 Å². The largest absolute Gasteiger partial charge is 0.493 e. The topological polar surface area (TPSA) is 38.3 Å². The molecule has 0 saturated carbocycles. The number of carbonyl (C=O) groups excluding carboxylic acids is 1. The van der Waals surface area contributed by atoms with Crippen LogP contribution in [0.5, 0.6) is 5.75 Å². The molecule has 1 rings (SSSR count). The summed E-state index contributed by atoms with van der Waals surface area (Å²) in [5, 5.41) is 3.19. The van der Waals surface area contributed by atoms with Gasteiger partial charge in [0.25, 0.3) is 0 Å². The number of hydrogen-bond acceptors (Lipinski definition) is 2. The lowest BCUT2D eigenvalue weighted by atomic mass is 10.3. The first-order valence-corrected chi connectivity index (χ1v) is 4.69. The Labute approximate surface area is 88.0 Å². The molecular formula is C10H12ClNO2. The van der Waals surface area contributed by atoms with Gasteiger partial charge in [-0.3, -0.25) is 4.79 Å². The molecule has 0 aliphatic rings. The van der Waals surface area contributed by atoms with Gasteiger partial charge in [0, 0.05) is 6.42 Å². The standard InChI is InChI=1S/C10H12ClNO2/c1-3-9(13)12-8-6-4-5-7(11)10(8)14-2/h4-6H,3H2,1-2H3,(H,12,13). The van der Waals surface area contributed by atoms with E-state index in [1.54, 1.807) is 25.1 Å². The van der Waals surface area contributed by atoms with Crippen LogP contribution in [0, 0.1) is 0 Å². The SMILES string of the molecule is CCC(=O)Nc1cccc(Cl)c1OC. The maximum atomic E-state index is 11.2. The molecule has 0 saturated heterocycles. The quantitative estimate of drug-likeness (QED) is 0.839. The Balaban J connectivity index is 2.96. The Kier molecular flexibility index (Phi) is 3.77. The molecule has 1 aromatic rings. The third-order valence-electron chi connectivity index (χ3n) is 1.77. The van der Waals surface area contributed by atoms with Gasteiger partial charge in [-0.25, -0.2) is 0 Å². The smallest absolute Gasteiger partial charge is 0.224 e. The second-order valence-electron chi connectivity index (χ2n) is 2.72. The van der Waals surface area contributed by atoms with Crippen LogP contribution in [-0.4, -0.2) is 13.0 Å². The summed E-state index contributed by atoms with van der Waals surface area (Å²) in [5.74, 6) is 0.432. The van der Waals surface area contributed by atoms with Crippen molar-refractivity contribution in [2.75, 3.05) is 12.4 Å². The average molecular weight is 214 g/mol. The van der Waals surface area contributed by atoms with Gasteiger partial charge in [-0.2, -0.15) is 0 Å². The lowest BCUT2D eigenvalue weighted by Crippen LogP contribution is -2.10. The van der Waals surface area contributed by atoms with E-state index in [0.29, 0.717) is 22.9 Å². The van der Waals surface area contributed by atoms with E-state index >= 15 is 0 Å². The van der Waals surface area contributed by atoms with Gasteiger partial charge in [-0.1, -0.05) is 24.6 Å². The molecule has 0 fully saturated rings. The van der Waals surface area contributed by atoms with Crippen molar-refractivity contribution in [1.82, 2.24) is 0 Å². The molecule has 3 nitrogen and oxygen atoms in total. The predicted molar refractivity (Wildman–Crippen MR) is 56.9 cm³/mol. The highest BCUT2D eigenvalue weighted by Crippen LogP contribution is 2.32. The second kappa shape index (κ2) is 4.86. The van der Waals surface area contributed by atoms with E-state index in [4.69, 9.17) is 16.3 Å². The molecule has 0 spiro atoms. The zero-order chi connectivity index (χ0) is 10.6. The van der Waals surface area contributed by atoms with Crippen molar-refractivity contribution in [3.8, 4) is 5.75 Å². The van der Waals surface area contributed by atoms with Gasteiger partial charge < -0.3 is 10.1 Å². The Bertz CT molecular complexity index is 339. The molecule has 0 radical (unpaired) electrons. The van der Waals surface area contributed by atoms with Gasteiger partial charge in [0.2, 0.25) is 5.91 Å². The van der Waals surface area contributed by atoms with Crippen LogP contribution >= 0.6 is 11.6 Å². The van der Waals surface area contributed by atoms with Crippen molar-refractivity contribution in [3.63, 3.8) is 0 Å². The second-order valence-corrected chi connectivity index (χ2v) is 3.13. The van der Waals surface area contributed by atoms with Crippen molar-refractivity contribution in [1.29, 1.82) is 0 Å². The molecular weight excluding hydrogens is 202 g/mol. The normalized spacial score (nSPS) is 9.64. The van der Waals surface area contributed by atoms with Crippen LogP contribution < -0.4 is 10.1 Å². The Morgan fingerprint density at radius 2 is 2.29 bits per heavy atom. The summed E-state index contributed by atoms with van der Waals surface area (Å²) in [6, 6.07) is 5.22. The Morgan fingerprint density at radius 1 is 1.57 bits per heavy atom. The maximum absolute atomic E-state index is 11.2. The summed E-state index contributed by atoms with van der Waals surface area (Å²) in [6.07, 6.45) is 0.426. The van der Waals surface area contributed by atoms with Crippen molar-refractivity contribution in [2.45, 2.75) is 13.3 Å². The van der Waals surface area contributed by atoms with E-state index in [2.05, 4.69) is 5.32 Å². The van der Waals surface area contributed by atoms with E-state index in [1.165, 1.54) is 7.11 Å². The molecule has 0 aliphatic heterocycles. The van der Waals surface area contributed by atoms with Crippen LogP contribution in [0.15, 0.2) is 18.2 Å². The van der Waals surface area contributed by atoms with Gasteiger partial charge >= 0.3 is 0 Å². The molecule has 4 heteroatoms. The first kappa shape index (κ1) is 10.9. The van der Waals surface area contributed by atoms with Gasteiger partial charge in [0.1, 0.15) is 0 Å². The van der Waals surface area contributed by atoms with Crippen LogP contribution in [0.2, 0.25) is 5.02 Å². The minimum absolute atomic E-state index is 0.0643. The van der Waals surface area contributed by atoms with Crippen LogP contribution in [0.25, 0.3) is 0 Å². The van der Waals surface area contributed by atoms with Gasteiger partial charge in [0.05, 0.1) is 17.8 Å². The van der Waals surface area contributed by atoms with Crippen LogP contribution in [0.1, 0.15) is 13.3 Å². The maximum Gasteiger partial charge on any atom is 0.224 e. The fourth-order valence-electron chi connectivity index (χ4n) is 1.05. The molecule has 14 heavy (non-hydrogen) atoms. The van der Waals surface area contributed by atoms with E-state index in [1.807, 2.05) is 0 Å². The zero-order valence-corrected chi connectivity index (χ0v) is 8.89. The van der Waals surface area contributed by atoms with E-state index in [0.717, 1.165) is 0 Å². The number of benzene rings is 1. The number of para-hydroxylation sites is 1. The summed E-state index contributed by atoms with van der Waals surface area (Å²) in [7, 11) is 1.52. The molecule has 0 aliphatic carbocycles. The number of hydrogen-bond donors (Lipinski definition) is 1. The van der Waals surface area contributed by atoms with Crippen molar-refractivity contribution < 1.29 is 9.53 Å². The number of nitrogens with one attached hydrogen (secondary N) is 1. The molecule has 1 aromatic carbocycles. The number of rotatable bonds is 3. The summed E-state index contributed by atoms with van der Waals surface area (Å²) in [5.41, 5.74) is 0.604. The summed E-state index contributed by atoms with van der Waals surface area (Å²) < 4.78 is 5.07. The molecule has 0 unspecified atom stereocenters. The highest BCUT2D eigenvalue weighted by molar-refractivity contribution is 6.32. The highest BCUT2D eigenvalue weighted by atomic mass is 35.5. The third-order valence-corrected chi connectivity index (χ3v) is 2.06. The van der Waals surface area contributed by atoms with E-state index < -0.39 is 0 Å². The van der Waals surface area contributed by atoms with Crippen molar-refractivity contribution in [2.24, 2.45) is 0 Å². The number of methoxy groups -OCH3 is 1. The van der Waals surface area contributed by atoms with Crippen LogP contribution in [0.4, 0.5) is 5.69 Å². The number of amides is 1. The summed E-state index contributed by atoms with van der Waals surface area (Å²) >= 11 is 5.88. The summed E-state index contributed by atoms with van der Waals surface area (Å²) in [4.78, 5) is 11.2. The molecule has 0 bridgehead atoms. The molecule has 1 N–H and O–H groups in total. The fraction of sp³-hybridized carbons (Fsp3) is 0.300. The number of carbonyl (C=O) groups is 1. The average Bonchev–Trinajstić information content (AvgIpc) is 2.18. The van der Waals surface area contributed by atoms with Crippen molar-refractivity contribution in [3.05, 3.63) is 23.2 Å². The molecule has 0 aromatic heterocycles. The first-order valence-electron chi connectivity index (χ1n) is 4.31. The fourth-order valence-corrected chi connectivity index (χ4v) is 1.31. The van der Waals surface area contributed by atoms with E-state index in [9.17, 15) is 4.79 Å². The summed E-state index contributed by atoms with van der Waals surface area (Å²) in [6.45, 7) is 1.78. The predicted octanol–water partition coefficient (Wildman–Crippen LogP) is 2.70. The third kappa shape index (κ3) is 2.39. The zero-order valence-electron chi connectivity index (χ0n) is 8.13. The lowest BCUT2D eigenvalue weighted by molar-refractivity contribution is -0.115. The molecule has 0 atom stereocenters. The number of anilines is 1. The molecule has 1 amide bonds. The van der Waals surface area contributed by atoms with E-state index in [-0.39, 0.29) is 5.91 Å². The highest BCUT2D eigenvalue weighted by Gasteiger charge is 2.08. The van der Waals surface area contributed by atoms with Gasteiger partial charge in [0.15, 0.2) is 5.75 Å². The minimum atomic E-state index is -0.0643. The molecule has 0 heterocycles. The molecule has 76 valence electrons. The van der Waals surface area contributed by atoms with Gasteiger partial charge in [-0.15, -0.1) is 0 Å². The monoisotopic (exact) mass is 213 g/mol. The minimum Gasteiger partial charge on any atom is -0.493 e. The Morgan fingerprint density at radius 3 is 2.86 bits per heavy atom. The lowest BCUT2D eigenvalue weighted by Gasteiger charge is -2.10. The first-order chi connectivity index (χ1) is 6.69. The number of halogens is 1. The van der Waals surface area contributed by atoms with Crippen LogP contribution in [-0.2, 0) is 4.79 Å². The number of ether oxygens (including phenoxy) is 1. The Hall–Kier alpha value is -1.22. The van der Waals surface area contributed by atoms with Crippen LogP contribution in [0.3, 0.4) is 0 Å².